The zero-order valence-corrected chi connectivity index (χ0v) is 19.4. The molecule has 0 saturated carbocycles. The Balaban J connectivity index is 2.23. The van der Waals surface area contributed by atoms with Crippen molar-refractivity contribution in [1.29, 1.82) is 0 Å². The van der Waals surface area contributed by atoms with Gasteiger partial charge in [0.2, 0.25) is 11.8 Å². The maximum absolute atomic E-state index is 13.0. The Morgan fingerprint density at radius 2 is 1.58 bits per heavy atom. The van der Waals surface area contributed by atoms with E-state index < -0.39 is 30.0 Å². The molecule has 2 amide bonds. The largest absolute Gasteiger partial charge is 0.496 e. The minimum atomic E-state index is -0.931. The summed E-state index contributed by atoms with van der Waals surface area (Å²) in [4.78, 5) is 38.2. The standard InChI is InChI=1S/C24H29N3O6/c1-13-22(28)27-18(24(30)33-5)11-14-6-8-19(31-3)16(10-14)17-12-15(7-9-20(17)32-4)21(25-2)23(29)26-13/h6-10,12-13,18,21,25H,11H2,1-5H3,(H,26,29)(H,27,28)/t13-,18?,21-/m0/s1. The molecule has 2 aromatic carbocycles. The quantitative estimate of drug-likeness (QED) is 0.596. The lowest BCUT2D eigenvalue weighted by Crippen LogP contribution is -2.52. The highest BCUT2D eigenvalue weighted by Crippen LogP contribution is 2.39. The average Bonchev–Trinajstić information content (AvgIpc) is 2.82. The molecule has 176 valence electrons. The number of likely N-dealkylation sites (N-methyl/N-ethyl adjacent to an activating group) is 1. The molecule has 9 heteroatoms. The predicted octanol–water partition coefficient (Wildman–Crippen LogP) is 1.35. The Bertz CT molecular complexity index is 1050. The number of methoxy groups -OCH3 is 3. The van der Waals surface area contributed by atoms with Crippen LogP contribution in [0.2, 0.25) is 0 Å². The highest BCUT2D eigenvalue weighted by atomic mass is 16.5. The first-order valence-corrected chi connectivity index (χ1v) is 10.5. The van der Waals surface area contributed by atoms with Gasteiger partial charge in [0, 0.05) is 17.5 Å². The molecule has 0 fully saturated rings. The number of carbonyl (C=O) groups excluding carboxylic acids is 3. The van der Waals surface area contributed by atoms with E-state index in [1.54, 1.807) is 46.4 Å². The summed E-state index contributed by atoms with van der Waals surface area (Å²) in [6, 6.07) is 8.42. The number of benzene rings is 2. The number of fused-ring (bicyclic) bond motifs is 5. The van der Waals surface area contributed by atoms with E-state index in [-0.39, 0.29) is 12.3 Å². The van der Waals surface area contributed by atoms with E-state index in [0.29, 0.717) is 17.1 Å². The van der Waals surface area contributed by atoms with Gasteiger partial charge < -0.3 is 30.2 Å². The van der Waals surface area contributed by atoms with Gasteiger partial charge in [-0.15, -0.1) is 0 Å². The van der Waals surface area contributed by atoms with E-state index in [2.05, 4.69) is 16.0 Å². The maximum atomic E-state index is 13.0. The van der Waals surface area contributed by atoms with Crippen molar-refractivity contribution in [2.45, 2.75) is 31.5 Å². The van der Waals surface area contributed by atoms with Gasteiger partial charge in [-0.1, -0.05) is 12.1 Å². The summed E-state index contributed by atoms with van der Waals surface area (Å²) in [5, 5.41) is 8.39. The van der Waals surface area contributed by atoms with Crippen molar-refractivity contribution in [2.24, 2.45) is 0 Å². The van der Waals surface area contributed by atoms with Gasteiger partial charge in [0.25, 0.3) is 0 Å². The first-order chi connectivity index (χ1) is 15.8. The van der Waals surface area contributed by atoms with Crippen LogP contribution in [0.5, 0.6) is 11.5 Å². The van der Waals surface area contributed by atoms with Gasteiger partial charge in [-0.25, -0.2) is 4.79 Å². The third-order valence-electron chi connectivity index (χ3n) is 5.66. The second kappa shape index (κ2) is 10.4. The van der Waals surface area contributed by atoms with Crippen LogP contribution in [0.1, 0.15) is 24.1 Å². The Morgan fingerprint density at radius 3 is 2.18 bits per heavy atom. The summed E-state index contributed by atoms with van der Waals surface area (Å²) in [5.74, 6) is -0.265. The van der Waals surface area contributed by atoms with E-state index in [1.165, 1.54) is 7.11 Å². The number of rotatable bonds is 4. The molecule has 33 heavy (non-hydrogen) atoms. The highest BCUT2D eigenvalue weighted by molar-refractivity contribution is 5.92. The van der Waals surface area contributed by atoms with E-state index >= 15 is 0 Å². The average molecular weight is 456 g/mol. The van der Waals surface area contributed by atoms with Gasteiger partial charge in [-0.2, -0.15) is 0 Å². The zero-order chi connectivity index (χ0) is 24.1. The van der Waals surface area contributed by atoms with Gasteiger partial charge in [0.05, 0.1) is 21.3 Å². The summed E-state index contributed by atoms with van der Waals surface area (Å²) in [6.45, 7) is 1.56. The Morgan fingerprint density at radius 1 is 0.939 bits per heavy atom. The Hall–Kier alpha value is -3.59. The van der Waals surface area contributed by atoms with Gasteiger partial charge in [-0.3, -0.25) is 9.59 Å². The van der Waals surface area contributed by atoms with Crippen LogP contribution in [-0.4, -0.2) is 58.2 Å². The van der Waals surface area contributed by atoms with Crippen LogP contribution < -0.4 is 25.4 Å². The van der Waals surface area contributed by atoms with Crippen molar-refractivity contribution < 1.29 is 28.6 Å². The van der Waals surface area contributed by atoms with E-state index in [9.17, 15) is 14.4 Å². The van der Waals surface area contributed by atoms with E-state index in [4.69, 9.17) is 14.2 Å². The van der Waals surface area contributed by atoms with Crippen LogP contribution >= 0.6 is 0 Å². The number of hydrogen-bond donors (Lipinski definition) is 3. The molecule has 1 aliphatic rings. The topological polar surface area (TPSA) is 115 Å². The molecule has 0 aliphatic carbocycles. The summed E-state index contributed by atoms with van der Waals surface area (Å²) in [6.07, 6.45) is 0.192. The summed E-state index contributed by atoms with van der Waals surface area (Å²) >= 11 is 0. The molecule has 0 aromatic heterocycles. The number of esters is 1. The van der Waals surface area contributed by atoms with Crippen molar-refractivity contribution in [2.75, 3.05) is 28.4 Å². The van der Waals surface area contributed by atoms with Crippen LogP contribution in [0.15, 0.2) is 36.4 Å². The normalized spacial score (nSPS) is 20.7. The molecule has 3 rings (SSSR count). The SMILES string of the molecule is CN[C@@H]1C(=O)N[C@@H](C)C(=O)NC(C(=O)OC)Cc2ccc(OC)c(c2)-c2cc1ccc2OC. The molecule has 3 N–H and O–H groups in total. The molecule has 2 aromatic rings. The number of ether oxygens (including phenoxy) is 3. The molecule has 1 aliphatic heterocycles. The fourth-order valence-corrected chi connectivity index (χ4v) is 3.89. The van der Waals surface area contributed by atoms with Crippen LogP contribution in [0.4, 0.5) is 0 Å². The predicted molar refractivity (Wildman–Crippen MR) is 122 cm³/mol. The van der Waals surface area contributed by atoms with Crippen LogP contribution in [0.25, 0.3) is 11.1 Å². The minimum absolute atomic E-state index is 0.192. The third-order valence-corrected chi connectivity index (χ3v) is 5.66. The second-order valence-corrected chi connectivity index (χ2v) is 7.73. The second-order valence-electron chi connectivity index (χ2n) is 7.73. The van der Waals surface area contributed by atoms with E-state index in [1.807, 2.05) is 18.2 Å². The van der Waals surface area contributed by atoms with Gasteiger partial charge in [-0.05, 0) is 49.4 Å². The summed E-state index contributed by atoms with van der Waals surface area (Å²) in [5.41, 5.74) is 2.93. The van der Waals surface area contributed by atoms with Gasteiger partial charge in [0.15, 0.2) is 0 Å². The van der Waals surface area contributed by atoms with Crippen molar-refractivity contribution in [3.05, 3.63) is 47.5 Å². The van der Waals surface area contributed by atoms with Crippen LogP contribution in [0, 0.1) is 0 Å². The lowest BCUT2D eigenvalue weighted by molar-refractivity contribution is -0.145. The van der Waals surface area contributed by atoms with Crippen molar-refractivity contribution in [1.82, 2.24) is 16.0 Å². The third kappa shape index (κ3) is 5.09. The molecule has 0 radical (unpaired) electrons. The summed E-state index contributed by atoms with van der Waals surface area (Å²) < 4.78 is 16.1. The number of amides is 2. The zero-order valence-electron chi connectivity index (χ0n) is 19.4. The van der Waals surface area contributed by atoms with Crippen LogP contribution in [-0.2, 0) is 25.5 Å². The van der Waals surface area contributed by atoms with Crippen molar-refractivity contribution in [3.63, 3.8) is 0 Å². The molecular weight excluding hydrogens is 426 g/mol. The first-order valence-electron chi connectivity index (χ1n) is 10.5. The number of nitrogens with one attached hydrogen (secondary N) is 3. The Kier molecular flexibility index (Phi) is 7.55. The molecule has 9 nitrogen and oxygen atoms in total. The lowest BCUT2D eigenvalue weighted by Gasteiger charge is -2.24. The molecule has 0 saturated heterocycles. The van der Waals surface area contributed by atoms with Crippen LogP contribution in [0.3, 0.4) is 0 Å². The monoisotopic (exact) mass is 455 g/mol. The first kappa shape index (κ1) is 24.1. The fourth-order valence-electron chi connectivity index (χ4n) is 3.89. The summed E-state index contributed by atoms with van der Waals surface area (Å²) in [7, 11) is 6.06. The van der Waals surface area contributed by atoms with Crippen molar-refractivity contribution >= 4 is 17.8 Å². The van der Waals surface area contributed by atoms with E-state index in [0.717, 1.165) is 16.7 Å². The molecule has 4 bridgehead atoms. The molecule has 3 atom stereocenters. The minimum Gasteiger partial charge on any atom is -0.496 e. The van der Waals surface area contributed by atoms with Crippen molar-refractivity contribution in [3.8, 4) is 22.6 Å². The number of hydrogen-bond acceptors (Lipinski definition) is 7. The fraction of sp³-hybridized carbons (Fsp3) is 0.375. The van der Waals surface area contributed by atoms with Gasteiger partial charge in [0.1, 0.15) is 29.6 Å². The number of carbonyl (C=O) groups is 3. The maximum Gasteiger partial charge on any atom is 0.328 e. The lowest BCUT2D eigenvalue weighted by atomic mass is 9.94. The molecular formula is C24H29N3O6. The highest BCUT2D eigenvalue weighted by Gasteiger charge is 2.29. The molecule has 1 unspecified atom stereocenters. The smallest absolute Gasteiger partial charge is 0.328 e. The molecule has 0 spiro atoms. The van der Waals surface area contributed by atoms with Gasteiger partial charge >= 0.3 is 5.97 Å². The molecule has 1 heterocycles. The Labute approximate surface area is 192 Å².